The number of benzene rings is 1. The number of rotatable bonds is 8. The fourth-order valence-corrected chi connectivity index (χ4v) is 7.28. The topological polar surface area (TPSA) is 57.7 Å². The summed E-state index contributed by atoms with van der Waals surface area (Å²) < 4.78 is 54.5. The van der Waals surface area contributed by atoms with Crippen molar-refractivity contribution in [1.82, 2.24) is 9.21 Å². The summed E-state index contributed by atoms with van der Waals surface area (Å²) in [6.07, 6.45) is 1.55. The van der Waals surface area contributed by atoms with Crippen molar-refractivity contribution in [3.8, 4) is 0 Å². The standard InChI is InChI=1S/C24H35ClF2N2O3S/c1-4-15-33(31,32)29-13-11-28(12-14-29)23(7-9-24(26,27)10-8-23)6-5-21(30)22-18(2)16-20(25)17-19(22)3/h16-17H,4-15H2,1-3H3. The second-order valence-corrected chi connectivity index (χ2v) is 12.1. The summed E-state index contributed by atoms with van der Waals surface area (Å²) in [6, 6.07) is 3.55. The molecule has 5 nitrogen and oxygen atoms in total. The average Bonchev–Trinajstić information content (AvgIpc) is 2.73. The number of carbonyl (C=O) groups is 1. The predicted molar refractivity (Wildman–Crippen MR) is 128 cm³/mol. The lowest BCUT2D eigenvalue weighted by Crippen LogP contribution is -2.60. The molecular formula is C24H35ClF2N2O3S. The van der Waals surface area contributed by atoms with Crippen molar-refractivity contribution in [1.29, 1.82) is 0 Å². The highest BCUT2D eigenvalue weighted by Gasteiger charge is 2.47. The molecule has 0 atom stereocenters. The molecule has 1 aliphatic carbocycles. The number of sulfonamides is 1. The minimum absolute atomic E-state index is 0.00235. The van der Waals surface area contributed by atoms with Crippen molar-refractivity contribution in [2.45, 2.75) is 77.2 Å². The molecule has 1 aromatic rings. The van der Waals surface area contributed by atoms with Gasteiger partial charge in [0.25, 0.3) is 0 Å². The molecule has 1 aliphatic heterocycles. The Morgan fingerprint density at radius 3 is 2.09 bits per heavy atom. The number of ketones is 1. The molecule has 0 radical (unpaired) electrons. The monoisotopic (exact) mass is 504 g/mol. The van der Waals surface area contributed by atoms with Crippen molar-refractivity contribution in [3.63, 3.8) is 0 Å². The molecule has 9 heteroatoms. The lowest BCUT2D eigenvalue weighted by atomic mass is 9.74. The maximum absolute atomic E-state index is 14.0. The molecular weight excluding hydrogens is 470 g/mol. The van der Waals surface area contributed by atoms with Crippen LogP contribution in [0, 0.1) is 13.8 Å². The lowest BCUT2D eigenvalue weighted by Gasteiger charge is -2.51. The van der Waals surface area contributed by atoms with E-state index < -0.39 is 21.5 Å². The van der Waals surface area contributed by atoms with Crippen LogP contribution in [0.4, 0.5) is 8.78 Å². The van der Waals surface area contributed by atoms with Crippen LogP contribution in [0.25, 0.3) is 0 Å². The molecule has 1 aromatic carbocycles. The van der Waals surface area contributed by atoms with Gasteiger partial charge >= 0.3 is 0 Å². The first kappa shape index (κ1) is 26.5. The van der Waals surface area contributed by atoms with Gasteiger partial charge < -0.3 is 0 Å². The number of piperazine rings is 1. The van der Waals surface area contributed by atoms with E-state index in [0.29, 0.717) is 62.4 Å². The highest BCUT2D eigenvalue weighted by atomic mass is 35.5. The van der Waals surface area contributed by atoms with Crippen molar-refractivity contribution < 1.29 is 22.0 Å². The molecule has 186 valence electrons. The second-order valence-electron chi connectivity index (χ2n) is 9.62. The minimum Gasteiger partial charge on any atom is -0.295 e. The van der Waals surface area contributed by atoms with E-state index in [9.17, 15) is 22.0 Å². The van der Waals surface area contributed by atoms with Crippen LogP contribution in [0.2, 0.25) is 5.02 Å². The van der Waals surface area contributed by atoms with Crippen LogP contribution in [0.3, 0.4) is 0 Å². The highest BCUT2D eigenvalue weighted by Crippen LogP contribution is 2.44. The number of nitrogens with zero attached hydrogens (tertiary/aromatic N) is 2. The average molecular weight is 505 g/mol. The third-order valence-electron chi connectivity index (χ3n) is 7.27. The molecule has 2 fully saturated rings. The zero-order valence-electron chi connectivity index (χ0n) is 19.8. The van der Waals surface area contributed by atoms with Crippen molar-refractivity contribution in [2.24, 2.45) is 0 Å². The van der Waals surface area contributed by atoms with Crippen LogP contribution >= 0.6 is 11.6 Å². The molecule has 0 spiro atoms. The van der Waals surface area contributed by atoms with Gasteiger partial charge in [-0.15, -0.1) is 0 Å². The Balaban J connectivity index is 1.75. The maximum Gasteiger partial charge on any atom is 0.248 e. The van der Waals surface area contributed by atoms with Gasteiger partial charge in [-0.3, -0.25) is 9.69 Å². The first-order valence-electron chi connectivity index (χ1n) is 11.8. The number of halogens is 3. The van der Waals surface area contributed by atoms with Gasteiger partial charge in [-0.05, 0) is 62.8 Å². The Morgan fingerprint density at radius 1 is 1.03 bits per heavy atom. The molecule has 1 heterocycles. The molecule has 2 aliphatic rings. The van der Waals surface area contributed by atoms with Gasteiger partial charge in [0, 0.05) is 61.6 Å². The van der Waals surface area contributed by atoms with E-state index in [2.05, 4.69) is 4.90 Å². The van der Waals surface area contributed by atoms with Crippen LogP contribution in [-0.4, -0.2) is 66.8 Å². The molecule has 33 heavy (non-hydrogen) atoms. The first-order valence-corrected chi connectivity index (χ1v) is 13.8. The van der Waals surface area contributed by atoms with Crippen LogP contribution in [-0.2, 0) is 10.0 Å². The van der Waals surface area contributed by atoms with Gasteiger partial charge in [0.15, 0.2) is 5.78 Å². The van der Waals surface area contributed by atoms with E-state index in [1.165, 1.54) is 4.31 Å². The van der Waals surface area contributed by atoms with Crippen LogP contribution in [0.5, 0.6) is 0 Å². The van der Waals surface area contributed by atoms with E-state index in [-0.39, 0.29) is 30.8 Å². The zero-order valence-corrected chi connectivity index (χ0v) is 21.4. The quantitative estimate of drug-likeness (QED) is 0.455. The fraction of sp³-hybridized carbons (Fsp3) is 0.708. The van der Waals surface area contributed by atoms with Gasteiger partial charge in [0.2, 0.25) is 15.9 Å². The number of aryl methyl sites for hydroxylation is 2. The number of hydrogen-bond donors (Lipinski definition) is 0. The van der Waals surface area contributed by atoms with Gasteiger partial charge in [0.05, 0.1) is 5.75 Å². The summed E-state index contributed by atoms with van der Waals surface area (Å²) in [7, 11) is -3.28. The van der Waals surface area contributed by atoms with E-state index in [4.69, 9.17) is 11.6 Å². The lowest BCUT2D eigenvalue weighted by molar-refractivity contribution is -0.0891. The predicted octanol–water partition coefficient (Wildman–Crippen LogP) is 5.23. The Bertz CT molecular complexity index is 943. The minimum atomic E-state index is -3.28. The van der Waals surface area contributed by atoms with Crippen LogP contribution in [0.1, 0.15) is 73.4 Å². The number of Topliss-reactive ketones (excluding diaryl/α,β-unsaturated/α-hetero) is 1. The SMILES string of the molecule is CCCS(=O)(=O)N1CCN(C2(CCC(=O)c3c(C)cc(Cl)cc3C)CCC(F)(F)CC2)CC1. The Labute approximate surface area is 201 Å². The van der Waals surface area contributed by atoms with E-state index >= 15 is 0 Å². The van der Waals surface area contributed by atoms with Crippen LogP contribution in [0.15, 0.2) is 12.1 Å². The molecule has 0 bridgehead atoms. The summed E-state index contributed by atoms with van der Waals surface area (Å²) >= 11 is 6.10. The molecule has 0 N–H and O–H groups in total. The first-order chi connectivity index (χ1) is 15.4. The summed E-state index contributed by atoms with van der Waals surface area (Å²) in [5.74, 6) is -2.55. The van der Waals surface area contributed by atoms with E-state index in [1.54, 1.807) is 12.1 Å². The molecule has 3 rings (SSSR count). The molecule has 1 saturated carbocycles. The van der Waals surface area contributed by atoms with Crippen LogP contribution < -0.4 is 0 Å². The summed E-state index contributed by atoms with van der Waals surface area (Å²) in [6.45, 7) is 7.29. The van der Waals surface area contributed by atoms with Gasteiger partial charge in [-0.1, -0.05) is 18.5 Å². The summed E-state index contributed by atoms with van der Waals surface area (Å²) in [4.78, 5) is 15.3. The van der Waals surface area contributed by atoms with E-state index in [1.807, 2.05) is 20.8 Å². The number of hydrogen-bond acceptors (Lipinski definition) is 4. The second kappa shape index (κ2) is 10.3. The smallest absolute Gasteiger partial charge is 0.248 e. The fourth-order valence-electron chi connectivity index (χ4n) is 5.45. The molecule has 0 unspecified atom stereocenters. The Hall–Kier alpha value is -1.09. The third-order valence-corrected chi connectivity index (χ3v) is 9.57. The molecule has 1 saturated heterocycles. The van der Waals surface area contributed by atoms with Crippen molar-refractivity contribution in [3.05, 3.63) is 33.8 Å². The van der Waals surface area contributed by atoms with Crippen molar-refractivity contribution >= 4 is 27.4 Å². The third kappa shape index (κ3) is 6.13. The van der Waals surface area contributed by atoms with E-state index in [0.717, 1.165) is 11.1 Å². The number of carbonyl (C=O) groups excluding carboxylic acids is 1. The molecule has 0 amide bonds. The molecule has 0 aromatic heterocycles. The van der Waals surface area contributed by atoms with Gasteiger partial charge in [-0.2, -0.15) is 4.31 Å². The normalized spacial score (nSPS) is 21.8. The highest BCUT2D eigenvalue weighted by molar-refractivity contribution is 7.89. The van der Waals surface area contributed by atoms with Crippen molar-refractivity contribution in [2.75, 3.05) is 31.9 Å². The van der Waals surface area contributed by atoms with Gasteiger partial charge in [-0.25, -0.2) is 17.2 Å². The maximum atomic E-state index is 14.0. The zero-order chi connectivity index (χ0) is 24.4. The Kier molecular flexibility index (Phi) is 8.24. The number of alkyl halides is 2. The largest absolute Gasteiger partial charge is 0.295 e. The summed E-state index contributed by atoms with van der Waals surface area (Å²) in [5.41, 5.74) is 1.80. The summed E-state index contributed by atoms with van der Waals surface area (Å²) in [5, 5.41) is 0.587. The van der Waals surface area contributed by atoms with Gasteiger partial charge in [0.1, 0.15) is 0 Å². The Morgan fingerprint density at radius 2 is 1.58 bits per heavy atom.